The Morgan fingerprint density at radius 3 is 2.62 bits per heavy atom. The normalized spacial score (nSPS) is 19.2. The molecule has 0 spiro atoms. The first-order valence-electron chi connectivity index (χ1n) is 3.58. The third-order valence-corrected chi connectivity index (χ3v) is 5.23. The van der Waals surface area contributed by atoms with E-state index in [0.717, 1.165) is 20.5 Å². The highest BCUT2D eigenvalue weighted by Crippen LogP contribution is 2.35. The van der Waals surface area contributed by atoms with Crippen LogP contribution in [0.4, 0.5) is 0 Å². The molecule has 1 aromatic heterocycles. The fourth-order valence-electron chi connectivity index (χ4n) is 1.24. The average Bonchev–Trinajstić information content (AvgIpc) is 2.49. The molecule has 0 bridgehead atoms. The molecule has 70 valence electrons. The molecule has 0 radical (unpaired) electrons. The van der Waals surface area contributed by atoms with Crippen molar-refractivity contribution in [1.82, 2.24) is 4.31 Å². The Labute approximate surface area is 79.8 Å². The molecule has 1 aliphatic rings. The van der Waals surface area contributed by atoms with Gasteiger partial charge < -0.3 is 0 Å². The quantitative estimate of drug-likeness (QED) is 0.646. The number of carbonyl (C=O) groups excluding carboxylic acids is 1. The second kappa shape index (κ2) is 2.33. The molecule has 0 saturated carbocycles. The lowest BCUT2D eigenvalue weighted by Gasteiger charge is -2.06. The molecule has 0 saturated heterocycles. The topological polar surface area (TPSA) is 54.5 Å². The molecule has 1 aliphatic heterocycles. The lowest BCUT2D eigenvalue weighted by atomic mass is 10.3. The third kappa shape index (κ3) is 0.955. The van der Waals surface area contributed by atoms with Crippen molar-refractivity contribution in [3.63, 3.8) is 0 Å². The molecule has 0 aromatic carbocycles. The number of sulfonamides is 1. The SMILES string of the molecule is Cc1cc2c(s1)S(=O)(=O)N(C)C2=O. The van der Waals surface area contributed by atoms with Gasteiger partial charge in [-0.25, -0.2) is 12.7 Å². The van der Waals surface area contributed by atoms with Gasteiger partial charge in [0.2, 0.25) is 0 Å². The van der Waals surface area contributed by atoms with Crippen molar-refractivity contribution in [2.24, 2.45) is 0 Å². The van der Waals surface area contributed by atoms with Gasteiger partial charge in [0.15, 0.2) is 4.21 Å². The summed E-state index contributed by atoms with van der Waals surface area (Å²) >= 11 is 1.14. The standard InChI is InChI=1S/C7H7NO3S2/c1-4-3-5-6(9)8(2)13(10,11)7(5)12-4/h3H,1-2H3. The van der Waals surface area contributed by atoms with Crippen LogP contribution in [0.1, 0.15) is 15.2 Å². The number of rotatable bonds is 0. The molecule has 1 aromatic rings. The molecule has 2 heterocycles. The number of hydrogen-bond acceptors (Lipinski definition) is 4. The minimum absolute atomic E-state index is 0.178. The summed E-state index contributed by atoms with van der Waals surface area (Å²) in [6, 6.07) is 1.61. The second-order valence-electron chi connectivity index (χ2n) is 2.84. The van der Waals surface area contributed by atoms with Gasteiger partial charge >= 0.3 is 0 Å². The molecule has 2 rings (SSSR count). The summed E-state index contributed by atoms with van der Waals surface area (Å²) in [5.41, 5.74) is 0.310. The predicted molar refractivity (Wildman–Crippen MR) is 48.3 cm³/mol. The average molecular weight is 217 g/mol. The maximum atomic E-state index is 11.5. The van der Waals surface area contributed by atoms with E-state index in [0.29, 0.717) is 5.56 Å². The van der Waals surface area contributed by atoms with Crippen LogP contribution >= 0.6 is 11.3 Å². The maximum Gasteiger partial charge on any atom is 0.276 e. The van der Waals surface area contributed by atoms with E-state index in [2.05, 4.69) is 0 Å². The van der Waals surface area contributed by atoms with Crippen LogP contribution in [-0.4, -0.2) is 25.7 Å². The van der Waals surface area contributed by atoms with Gasteiger partial charge in [0.25, 0.3) is 15.9 Å². The summed E-state index contributed by atoms with van der Waals surface area (Å²) in [5.74, 6) is -0.431. The summed E-state index contributed by atoms with van der Waals surface area (Å²) in [5, 5.41) is 0. The largest absolute Gasteiger partial charge is 0.276 e. The molecule has 0 unspecified atom stereocenters. The summed E-state index contributed by atoms with van der Waals surface area (Å²) in [6.07, 6.45) is 0. The summed E-state index contributed by atoms with van der Waals surface area (Å²) in [6.45, 7) is 1.78. The highest BCUT2D eigenvalue weighted by atomic mass is 32.2. The highest BCUT2D eigenvalue weighted by Gasteiger charge is 2.40. The Balaban J connectivity index is 2.80. The fraction of sp³-hybridized carbons (Fsp3) is 0.286. The fourth-order valence-corrected chi connectivity index (χ4v) is 4.10. The van der Waals surface area contributed by atoms with E-state index in [-0.39, 0.29) is 4.21 Å². The van der Waals surface area contributed by atoms with Crippen LogP contribution in [0, 0.1) is 6.92 Å². The molecule has 0 atom stereocenters. The summed E-state index contributed by atoms with van der Waals surface area (Å²) in [4.78, 5) is 12.2. The van der Waals surface area contributed by atoms with Crippen molar-refractivity contribution < 1.29 is 13.2 Å². The van der Waals surface area contributed by atoms with E-state index in [4.69, 9.17) is 0 Å². The van der Waals surface area contributed by atoms with Gasteiger partial charge in [0.05, 0.1) is 5.56 Å². The number of carbonyl (C=O) groups is 1. The van der Waals surface area contributed by atoms with Gasteiger partial charge in [-0.1, -0.05) is 0 Å². The van der Waals surface area contributed by atoms with E-state index in [1.165, 1.54) is 7.05 Å². The van der Waals surface area contributed by atoms with Gasteiger partial charge in [-0.2, -0.15) is 0 Å². The number of fused-ring (bicyclic) bond motifs is 1. The van der Waals surface area contributed by atoms with Gasteiger partial charge in [0, 0.05) is 11.9 Å². The number of thiophene rings is 1. The maximum absolute atomic E-state index is 11.5. The molecule has 0 fully saturated rings. The Morgan fingerprint density at radius 2 is 2.08 bits per heavy atom. The van der Waals surface area contributed by atoms with E-state index in [1.807, 2.05) is 0 Å². The Hall–Kier alpha value is -0.880. The van der Waals surface area contributed by atoms with Gasteiger partial charge in [-0.15, -0.1) is 11.3 Å². The molecule has 0 aliphatic carbocycles. The Morgan fingerprint density at radius 1 is 1.46 bits per heavy atom. The second-order valence-corrected chi connectivity index (χ2v) is 6.26. The van der Waals surface area contributed by atoms with Crippen molar-refractivity contribution in [3.05, 3.63) is 16.5 Å². The van der Waals surface area contributed by atoms with Gasteiger partial charge in [-0.3, -0.25) is 4.79 Å². The summed E-state index contributed by atoms with van der Waals surface area (Å²) < 4.78 is 24.0. The van der Waals surface area contributed by atoms with Crippen molar-refractivity contribution in [2.75, 3.05) is 7.05 Å². The minimum atomic E-state index is -3.51. The predicted octanol–water partition coefficient (Wildman–Crippen LogP) is 0.831. The van der Waals surface area contributed by atoms with E-state index in [1.54, 1.807) is 13.0 Å². The highest BCUT2D eigenvalue weighted by molar-refractivity contribution is 7.92. The first kappa shape index (κ1) is 8.71. The molecular weight excluding hydrogens is 210 g/mol. The van der Waals surface area contributed by atoms with Gasteiger partial charge in [-0.05, 0) is 13.0 Å². The first-order valence-corrected chi connectivity index (χ1v) is 5.84. The molecular formula is C7H7NO3S2. The van der Waals surface area contributed by atoms with E-state index >= 15 is 0 Å². The van der Waals surface area contributed by atoms with Crippen LogP contribution in [0.15, 0.2) is 10.3 Å². The van der Waals surface area contributed by atoms with Crippen molar-refractivity contribution in [2.45, 2.75) is 11.1 Å². The zero-order valence-electron chi connectivity index (χ0n) is 7.07. The number of nitrogens with zero attached hydrogens (tertiary/aromatic N) is 1. The van der Waals surface area contributed by atoms with Gasteiger partial charge in [0.1, 0.15) is 0 Å². The van der Waals surface area contributed by atoms with Crippen molar-refractivity contribution in [1.29, 1.82) is 0 Å². The van der Waals surface area contributed by atoms with Crippen LogP contribution < -0.4 is 0 Å². The lowest BCUT2D eigenvalue weighted by Crippen LogP contribution is -2.24. The lowest BCUT2D eigenvalue weighted by molar-refractivity contribution is 0.0892. The Bertz CT molecular complexity index is 486. The zero-order valence-corrected chi connectivity index (χ0v) is 8.70. The van der Waals surface area contributed by atoms with Crippen molar-refractivity contribution >= 4 is 27.3 Å². The van der Waals surface area contributed by atoms with Crippen LogP contribution in [0.3, 0.4) is 0 Å². The first-order chi connectivity index (χ1) is 5.94. The van der Waals surface area contributed by atoms with Crippen LogP contribution in [0.2, 0.25) is 0 Å². The number of hydrogen-bond donors (Lipinski definition) is 0. The number of amides is 1. The molecule has 13 heavy (non-hydrogen) atoms. The molecule has 1 amide bonds. The molecule has 4 nitrogen and oxygen atoms in total. The van der Waals surface area contributed by atoms with Crippen LogP contribution in [0.25, 0.3) is 0 Å². The molecule has 6 heteroatoms. The smallest absolute Gasteiger partial charge is 0.268 e. The zero-order chi connectivity index (χ0) is 9.80. The van der Waals surface area contributed by atoms with E-state index in [9.17, 15) is 13.2 Å². The number of aryl methyl sites for hydroxylation is 1. The van der Waals surface area contributed by atoms with Crippen LogP contribution in [-0.2, 0) is 10.0 Å². The monoisotopic (exact) mass is 217 g/mol. The van der Waals surface area contributed by atoms with E-state index < -0.39 is 15.9 Å². The van der Waals surface area contributed by atoms with Crippen LogP contribution in [0.5, 0.6) is 0 Å². The molecule has 0 N–H and O–H groups in total. The van der Waals surface area contributed by atoms with Crippen molar-refractivity contribution in [3.8, 4) is 0 Å². The third-order valence-electron chi connectivity index (χ3n) is 1.93. The minimum Gasteiger partial charge on any atom is -0.268 e. The summed E-state index contributed by atoms with van der Waals surface area (Å²) in [7, 11) is -2.23. The Kier molecular flexibility index (Phi) is 1.56.